The molecule has 0 radical (unpaired) electrons. The number of oxazole rings is 1. The third-order valence-electron chi connectivity index (χ3n) is 8.21. The maximum Gasteiger partial charge on any atom is 0.356 e. The highest BCUT2D eigenvalue weighted by molar-refractivity contribution is 6.31. The van der Waals surface area contributed by atoms with Crippen molar-refractivity contribution in [1.29, 1.82) is 0 Å². The van der Waals surface area contributed by atoms with E-state index < -0.39 is 17.6 Å². The van der Waals surface area contributed by atoms with E-state index in [9.17, 15) is 9.59 Å². The van der Waals surface area contributed by atoms with Gasteiger partial charge in [0, 0.05) is 28.7 Å². The largest absolute Gasteiger partial charge is 0.489 e. The Bertz CT molecular complexity index is 1950. The maximum absolute atomic E-state index is 13.7. The minimum absolute atomic E-state index is 0.144. The minimum atomic E-state index is -0.662. The van der Waals surface area contributed by atoms with E-state index in [1.807, 2.05) is 81.4 Å². The van der Waals surface area contributed by atoms with Crippen molar-refractivity contribution in [1.82, 2.24) is 15.3 Å². The highest BCUT2D eigenvalue weighted by Gasteiger charge is 2.31. The number of nitrogens with zero attached hydrogens (tertiary/aromatic N) is 2. The van der Waals surface area contributed by atoms with Gasteiger partial charge in [-0.05, 0) is 106 Å². The lowest BCUT2D eigenvalue weighted by atomic mass is 9.89. The Balaban J connectivity index is 1.18. The van der Waals surface area contributed by atoms with Crippen LogP contribution in [0.25, 0.3) is 22.6 Å². The number of ether oxygens (including phenoxy) is 3. The van der Waals surface area contributed by atoms with Crippen LogP contribution in [0.1, 0.15) is 79.5 Å². The second kappa shape index (κ2) is 14.8. The number of carbonyl (C=O) groups is 2. The summed E-state index contributed by atoms with van der Waals surface area (Å²) in [6.45, 7) is 7.97. The normalized spacial score (nSPS) is 15.0. The first-order valence-electron chi connectivity index (χ1n) is 16.6. The van der Waals surface area contributed by atoms with Gasteiger partial charge >= 0.3 is 11.9 Å². The number of esters is 2. The number of aryl methyl sites for hydroxylation is 1. The number of rotatable bonds is 11. The van der Waals surface area contributed by atoms with Crippen LogP contribution in [-0.2, 0) is 33.7 Å². The molecule has 254 valence electrons. The van der Waals surface area contributed by atoms with Crippen molar-refractivity contribution >= 4 is 34.6 Å². The lowest BCUT2D eigenvalue weighted by molar-refractivity contribution is -0.157. The molecule has 6 rings (SSSR count). The van der Waals surface area contributed by atoms with E-state index >= 15 is 0 Å². The second-order valence-electron chi connectivity index (χ2n) is 13.1. The Labute approximate surface area is 291 Å². The van der Waals surface area contributed by atoms with Gasteiger partial charge in [0.25, 0.3) is 0 Å². The van der Waals surface area contributed by atoms with Crippen molar-refractivity contribution in [3.63, 3.8) is 0 Å². The fourth-order valence-electron chi connectivity index (χ4n) is 5.94. The van der Waals surface area contributed by atoms with Gasteiger partial charge in [0.1, 0.15) is 35.2 Å². The number of carbonyl (C=O) groups excluding carboxylic acids is 2. The number of hydrogen-bond donors (Lipinski definition) is 1. The van der Waals surface area contributed by atoms with Crippen molar-refractivity contribution in [3.8, 4) is 17.2 Å². The highest BCUT2D eigenvalue weighted by atomic mass is 35.5. The number of para-hydroxylation sites is 1. The minimum Gasteiger partial charge on any atom is -0.489 e. The monoisotopic (exact) mass is 681 g/mol. The van der Waals surface area contributed by atoms with E-state index in [1.165, 1.54) is 0 Å². The number of fused-ring (bicyclic) bond motifs is 2. The zero-order valence-corrected chi connectivity index (χ0v) is 28.9. The van der Waals surface area contributed by atoms with Crippen molar-refractivity contribution in [2.24, 2.45) is 0 Å². The van der Waals surface area contributed by atoms with Gasteiger partial charge in [0.2, 0.25) is 5.89 Å². The predicted molar refractivity (Wildman–Crippen MR) is 188 cm³/mol. The molecule has 2 atom stereocenters. The van der Waals surface area contributed by atoms with E-state index in [-0.39, 0.29) is 18.6 Å². The van der Waals surface area contributed by atoms with Crippen LogP contribution in [0.3, 0.4) is 0 Å². The molecule has 1 N–H and O–H groups in total. The smallest absolute Gasteiger partial charge is 0.356 e. The molecule has 0 amide bonds. The lowest BCUT2D eigenvalue weighted by Gasteiger charge is -2.31. The number of halogens is 1. The van der Waals surface area contributed by atoms with Crippen LogP contribution in [-0.4, -0.2) is 40.2 Å². The molecule has 3 aromatic carbocycles. The molecule has 0 saturated carbocycles. The average Bonchev–Trinajstić information content (AvgIpc) is 3.50. The first-order chi connectivity index (χ1) is 23.6. The number of pyridine rings is 1. The van der Waals surface area contributed by atoms with E-state index in [2.05, 4.69) is 15.3 Å². The molecular weight excluding hydrogens is 642 g/mol. The Morgan fingerprint density at radius 2 is 1.82 bits per heavy atom. The molecule has 2 heterocycles. The van der Waals surface area contributed by atoms with Gasteiger partial charge in [0.15, 0.2) is 5.58 Å². The molecule has 0 spiro atoms. The summed E-state index contributed by atoms with van der Waals surface area (Å²) < 4.78 is 23.3. The zero-order chi connectivity index (χ0) is 34.5. The molecule has 0 fully saturated rings. The second-order valence-corrected chi connectivity index (χ2v) is 13.5. The summed E-state index contributed by atoms with van der Waals surface area (Å²) in [5.41, 5.74) is 5.52. The Morgan fingerprint density at radius 3 is 2.59 bits per heavy atom. The first-order valence-corrected chi connectivity index (χ1v) is 17.0. The summed E-state index contributed by atoms with van der Waals surface area (Å²) in [4.78, 5) is 35.2. The summed E-state index contributed by atoms with van der Waals surface area (Å²) >= 11 is 6.11. The molecule has 5 aromatic rings. The van der Waals surface area contributed by atoms with Crippen LogP contribution in [0.4, 0.5) is 0 Å². The van der Waals surface area contributed by atoms with E-state index in [4.69, 9.17) is 30.2 Å². The van der Waals surface area contributed by atoms with Gasteiger partial charge in [-0.2, -0.15) is 0 Å². The van der Waals surface area contributed by atoms with Crippen LogP contribution in [0, 0.1) is 0 Å². The lowest BCUT2D eigenvalue weighted by Crippen LogP contribution is -2.45. The molecule has 0 aliphatic heterocycles. The van der Waals surface area contributed by atoms with Crippen molar-refractivity contribution < 1.29 is 28.2 Å². The van der Waals surface area contributed by atoms with Gasteiger partial charge < -0.3 is 18.6 Å². The molecule has 2 aromatic heterocycles. The van der Waals surface area contributed by atoms with Gasteiger partial charge in [-0.15, -0.1) is 0 Å². The third kappa shape index (κ3) is 8.47. The number of hydrogen-bond acceptors (Lipinski definition) is 9. The summed E-state index contributed by atoms with van der Waals surface area (Å²) in [5.74, 6) is 0.422. The van der Waals surface area contributed by atoms with E-state index in [0.717, 1.165) is 47.2 Å². The molecule has 2 unspecified atom stereocenters. The number of benzene rings is 3. The maximum atomic E-state index is 13.7. The highest BCUT2D eigenvalue weighted by Crippen LogP contribution is 2.31. The van der Waals surface area contributed by atoms with Crippen LogP contribution in [0.15, 0.2) is 83.3 Å². The van der Waals surface area contributed by atoms with Crippen LogP contribution < -0.4 is 10.1 Å². The fraction of sp³-hybridized carbons (Fsp3) is 0.333. The quantitative estimate of drug-likeness (QED) is 0.138. The molecule has 1 aliphatic carbocycles. The average molecular weight is 682 g/mol. The van der Waals surface area contributed by atoms with Gasteiger partial charge in [-0.25, -0.2) is 14.8 Å². The molecule has 0 saturated heterocycles. The Kier molecular flexibility index (Phi) is 10.3. The summed E-state index contributed by atoms with van der Waals surface area (Å²) in [6.07, 6.45) is 2.79. The predicted octanol–water partition coefficient (Wildman–Crippen LogP) is 8.22. The Hall–Kier alpha value is -4.73. The molecule has 49 heavy (non-hydrogen) atoms. The van der Waals surface area contributed by atoms with E-state index in [0.29, 0.717) is 46.5 Å². The number of aromatic nitrogens is 2. The third-order valence-corrected chi connectivity index (χ3v) is 8.45. The molecular formula is C39H40ClN3O6. The zero-order valence-electron chi connectivity index (χ0n) is 28.1. The number of nitrogens with one attached hydrogen (secondary N) is 1. The van der Waals surface area contributed by atoms with Gasteiger partial charge in [-0.1, -0.05) is 48.0 Å². The summed E-state index contributed by atoms with van der Waals surface area (Å²) in [6, 6.07) is 23.8. The fourth-order valence-corrected chi connectivity index (χ4v) is 6.10. The first kappa shape index (κ1) is 34.1. The van der Waals surface area contributed by atoms with Crippen LogP contribution >= 0.6 is 11.6 Å². The van der Waals surface area contributed by atoms with Crippen LogP contribution in [0.2, 0.25) is 5.02 Å². The standard InChI is InChI=1S/C39H40ClN3O6/c1-5-46-37(44)31-19-18-28-29(41-31)10-8-11-30(28)42-33(38(45)49-39(2,3)4)21-26-9-6-7-12-34(26)47-23-24-13-15-25(16-14-24)36-43-32-22-27(40)17-20-35(32)48-36/h6-7,9,12-20,22,30,33,42H,5,8,10-11,21,23H2,1-4H3. The molecule has 9 nitrogen and oxygen atoms in total. The molecule has 1 aliphatic rings. The van der Waals surface area contributed by atoms with E-state index in [1.54, 1.807) is 25.1 Å². The summed E-state index contributed by atoms with van der Waals surface area (Å²) in [7, 11) is 0. The van der Waals surface area contributed by atoms with Crippen LogP contribution in [0.5, 0.6) is 5.75 Å². The van der Waals surface area contributed by atoms with Crippen molar-refractivity contribution in [3.05, 3.63) is 112 Å². The molecule has 0 bridgehead atoms. The topological polar surface area (TPSA) is 113 Å². The van der Waals surface area contributed by atoms with Gasteiger partial charge in [-0.3, -0.25) is 10.1 Å². The van der Waals surface area contributed by atoms with Gasteiger partial charge in [0.05, 0.1) is 6.61 Å². The molecule has 10 heteroatoms. The van der Waals surface area contributed by atoms with Crippen molar-refractivity contribution in [2.45, 2.75) is 77.7 Å². The van der Waals surface area contributed by atoms with Crippen molar-refractivity contribution in [2.75, 3.05) is 6.61 Å². The summed E-state index contributed by atoms with van der Waals surface area (Å²) in [5, 5.41) is 4.19. The Morgan fingerprint density at radius 1 is 1.02 bits per heavy atom. The SMILES string of the molecule is CCOC(=O)c1ccc2c(n1)CCCC2NC(Cc1ccccc1OCc1ccc(-c2nc3cc(Cl)ccc3o2)cc1)C(=O)OC(C)(C)C.